The van der Waals surface area contributed by atoms with E-state index >= 15 is 0 Å². The number of thiazole rings is 1. The minimum Gasteiger partial charge on any atom is -1.00 e. The molecule has 3 rings (SSSR count). The molecule has 2 heterocycles. The van der Waals surface area contributed by atoms with Crippen molar-refractivity contribution >= 4 is 16.5 Å². The zero-order valence-electron chi connectivity index (χ0n) is 12.2. The van der Waals surface area contributed by atoms with Crippen LogP contribution in [-0.4, -0.2) is 9.55 Å². The summed E-state index contributed by atoms with van der Waals surface area (Å²) in [5.41, 5.74) is 12.7. The van der Waals surface area contributed by atoms with Crippen molar-refractivity contribution in [2.24, 2.45) is 0 Å². The monoisotopic (exact) mass is 318 g/mol. The summed E-state index contributed by atoms with van der Waals surface area (Å²) in [7, 11) is 0. The fourth-order valence-electron chi connectivity index (χ4n) is 2.52. The van der Waals surface area contributed by atoms with E-state index in [2.05, 4.69) is 60.7 Å². The third kappa shape index (κ3) is 2.82. The molecule has 0 fully saturated rings. The van der Waals surface area contributed by atoms with E-state index in [4.69, 9.17) is 5.73 Å². The van der Waals surface area contributed by atoms with Gasteiger partial charge in [0.25, 0.3) is 0 Å². The van der Waals surface area contributed by atoms with Crippen LogP contribution in [0.1, 0.15) is 17.0 Å². The lowest BCUT2D eigenvalue weighted by Gasteiger charge is -2.10. The lowest BCUT2D eigenvalue weighted by atomic mass is 10.2. The largest absolute Gasteiger partial charge is 1.00 e. The minimum absolute atomic E-state index is 0. The van der Waals surface area contributed by atoms with Crippen molar-refractivity contribution < 1.29 is 12.4 Å². The summed E-state index contributed by atoms with van der Waals surface area (Å²) < 4.78 is 2.25. The predicted molar refractivity (Wildman–Crippen MR) is 85.5 cm³/mol. The molecule has 0 saturated carbocycles. The molecule has 0 spiro atoms. The Morgan fingerprint density at radius 1 is 1.10 bits per heavy atom. The molecule has 1 aromatic carbocycles. The maximum absolute atomic E-state index is 5.74. The zero-order chi connectivity index (χ0) is 14.3. The summed E-state index contributed by atoms with van der Waals surface area (Å²) in [5.74, 6) is 0. The first kappa shape index (κ1) is 15.6. The molecule has 0 aliphatic rings. The van der Waals surface area contributed by atoms with E-state index in [0.29, 0.717) is 5.13 Å². The fraction of sp³-hybridized carbons (Fsp3) is 0.188. The van der Waals surface area contributed by atoms with Gasteiger partial charge in [0.05, 0.1) is 5.69 Å². The summed E-state index contributed by atoms with van der Waals surface area (Å²) >= 11 is 1.48. The van der Waals surface area contributed by atoms with Crippen LogP contribution in [0, 0.1) is 20.8 Å². The molecule has 0 aliphatic heterocycles. The van der Waals surface area contributed by atoms with Gasteiger partial charge in [0.2, 0.25) is 0 Å². The summed E-state index contributed by atoms with van der Waals surface area (Å²) in [5, 5.41) is 2.62. The Labute approximate surface area is 134 Å². The second-order valence-electron chi connectivity index (χ2n) is 5.03. The summed E-state index contributed by atoms with van der Waals surface area (Å²) in [6.07, 6.45) is 0. The first-order valence-electron chi connectivity index (χ1n) is 6.53. The number of hydrogen-bond donors (Lipinski definition) is 1. The van der Waals surface area contributed by atoms with Crippen LogP contribution in [-0.2, 0) is 0 Å². The Morgan fingerprint density at radius 3 is 2.33 bits per heavy atom. The smallest absolute Gasteiger partial charge is 0.180 e. The van der Waals surface area contributed by atoms with Crippen molar-refractivity contribution in [2.45, 2.75) is 20.8 Å². The van der Waals surface area contributed by atoms with Crippen molar-refractivity contribution in [1.29, 1.82) is 0 Å². The third-order valence-corrected chi connectivity index (χ3v) is 4.20. The first-order chi connectivity index (χ1) is 9.56. The van der Waals surface area contributed by atoms with Crippen LogP contribution >= 0.6 is 11.3 Å². The predicted octanol–water partition coefficient (Wildman–Crippen LogP) is 1.11. The number of benzene rings is 1. The molecule has 0 atom stereocenters. The van der Waals surface area contributed by atoms with Gasteiger partial charge in [-0.3, -0.25) is 0 Å². The maximum atomic E-state index is 5.74. The Hall–Kier alpha value is -1.78. The average Bonchev–Trinajstić information content (AvgIpc) is 2.95. The fourth-order valence-corrected chi connectivity index (χ4v) is 3.09. The zero-order valence-corrected chi connectivity index (χ0v) is 13.8. The maximum Gasteiger partial charge on any atom is 0.180 e. The molecule has 0 aliphatic carbocycles. The van der Waals surface area contributed by atoms with Crippen LogP contribution in [0.5, 0.6) is 0 Å². The van der Waals surface area contributed by atoms with Crippen molar-refractivity contribution in [1.82, 2.24) is 9.55 Å². The SMILES string of the molecule is Cc1ccc(-n2c(C)cc(-c3csc(N)n3)c2C)cc1.[Cl-]. The first-order valence-corrected chi connectivity index (χ1v) is 7.41. The number of nitrogen functional groups attached to an aromatic ring is 1. The van der Waals surface area contributed by atoms with Gasteiger partial charge < -0.3 is 22.7 Å². The van der Waals surface area contributed by atoms with Crippen LogP contribution in [0.2, 0.25) is 0 Å². The van der Waals surface area contributed by atoms with E-state index in [1.165, 1.54) is 34.0 Å². The van der Waals surface area contributed by atoms with Gasteiger partial charge in [0, 0.05) is 28.0 Å². The van der Waals surface area contributed by atoms with Crippen LogP contribution in [0.15, 0.2) is 35.7 Å². The van der Waals surface area contributed by atoms with E-state index < -0.39 is 0 Å². The average molecular weight is 319 g/mol. The molecule has 3 aromatic rings. The Bertz CT molecular complexity index is 756. The Balaban J connectivity index is 0.00000161. The van der Waals surface area contributed by atoms with Crippen LogP contribution < -0.4 is 18.1 Å². The normalized spacial score (nSPS) is 10.4. The molecular weight excluding hydrogens is 302 g/mol. The summed E-state index contributed by atoms with van der Waals surface area (Å²) in [6, 6.07) is 10.7. The molecule has 2 N–H and O–H groups in total. The molecule has 110 valence electrons. The highest BCUT2D eigenvalue weighted by molar-refractivity contribution is 7.13. The quantitative estimate of drug-likeness (QED) is 0.769. The standard InChI is InChI=1S/C16H17N3S.ClH/c1-10-4-6-13(7-5-10)19-11(2)8-14(12(19)3)15-9-20-16(17)18-15;/h4-9H,1-3H3,(H2,17,18);1H/p-1. The van der Waals surface area contributed by atoms with Crippen LogP contribution in [0.3, 0.4) is 0 Å². The van der Waals surface area contributed by atoms with Gasteiger partial charge in [-0.1, -0.05) is 17.7 Å². The third-order valence-electron chi connectivity index (χ3n) is 3.52. The van der Waals surface area contributed by atoms with E-state index in [1.807, 2.05) is 5.38 Å². The second kappa shape index (κ2) is 5.92. The number of rotatable bonds is 2. The molecule has 0 saturated heterocycles. The molecule has 3 nitrogen and oxygen atoms in total. The number of aromatic nitrogens is 2. The summed E-state index contributed by atoms with van der Waals surface area (Å²) in [4.78, 5) is 4.39. The highest BCUT2D eigenvalue weighted by Gasteiger charge is 2.14. The van der Waals surface area contributed by atoms with Gasteiger partial charge in [-0.2, -0.15) is 0 Å². The molecule has 0 bridgehead atoms. The molecule has 0 radical (unpaired) electrons. The highest BCUT2D eigenvalue weighted by Crippen LogP contribution is 2.30. The molecular formula is C16H17ClN3S-. The molecule has 0 amide bonds. The van der Waals surface area contributed by atoms with E-state index in [0.717, 1.165) is 11.3 Å². The van der Waals surface area contributed by atoms with Gasteiger partial charge in [-0.15, -0.1) is 11.3 Å². The van der Waals surface area contributed by atoms with Gasteiger partial charge >= 0.3 is 0 Å². The van der Waals surface area contributed by atoms with E-state index in [9.17, 15) is 0 Å². The number of hydrogen-bond acceptors (Lipinski definition) is 3. The summed E-state index contributed by atoms with van der Waals surface area (Å²) in [6.45, 7) is 6.34. The van der Waals surface area contributed by atoms with E-state index in [1.54, 1.807) is 0 Å². The Kier molecular flexibility index (Phi) is 4.40. The van der Waals surface area contributed by atoms with Crippen molar-refractivity contribution in [3.05, 3.63) is 52.7 Å². The minimum atomic E-state index is 0. The number of nitrogens with zero attached hydrogens (tertiary/aromatic N) is 2. The number of nitrogens with two attached hydrogens (primary N) is 1. The lowest BCUT2D eigenvalue weighted by Crippen LogP contribution is -3.00. The number of halogens is 1. The highest BCUT2D eigenvalue weighted by atomic mass is 35.5. The topological polar surface area (TPSA) is 43.8 Å². The lowest BCUT2D eigenvalue weighted by molar-refractivity contribution is -0.00000431. The molecule has 21 heavy (non-hydrogen) atoms. The van der Waals surface area contributed by atoms with Crippen molar-refractivity contribution in [3.63, 3.8) is 0 Å². The molecule has 2 aromatic heterocycles. The van der Waals surface area contributed by atoms with E-state index in [-0.39, 0.29) is 12.4 Å². The number of aryl methyl sites for hydroxylation is 2. The molecule has 5 heteroatoms. The van der Waals surface area contributed by atoms with Gasteiger partial charge in [-0.25, -0.2) is 4.98 Å². The van der Waals surface area contributed by atoms with Crippen molar-refractivity contribution in [2.75, 3.05) is 5.73 Å². The molecule has 0 unspecified atom stereocenters. The van der Waals surface area contributed by atoms with Gasteiger partial charge in [0.15, 0.2) is 5.13 Å². The van der Waals surface area contributed by atoms with Crippen molar-refractivity contribution in [3.8, 4) is 16.9 Å². The second-order valence-corrected chi connectivity index (χ2v) is 5.92. The van der Waals surface area contributed by atoms with Crippen LogP contribution in [0.4, 0.5) is 5.13 Å². The van der Waals surface area contributed by atoms with Crippen LogP contribution in [0.25, 0.3) is 16.9 Å². The Morgan fingerprint density at radius 2 is 1.76 bits per heavy atom. The van der Waals surface area contributed by atoms with Gasteiger partial charge in [-0.05, 0) is 39.0 Å². The van der Waals surface area contributed by atoms with Gasteiger partial charge in [0.1, 0.15) is 0 Å². The number of anilines is 1.